The number of methoxy groups -OCH3 is 1. The molecule has 0 unspecified atom stereocenters. The van der Waals surface area contributed by atoms with E-state index in [1.165, 1.54) is 39.2 Å². The highest BCUT2D eigenvalue weighted by Gasteiger charge is 2.28. The van der Waals surface area contributed by atoms with Gasteiger partial charge in [0.1, 0.15) is 5.75 Å². The number of alkyl halides is 2. The van der Waals surface area contributed by atoms with Crippen molar-refractivity contribution in [3.8, 4) is 5.75 Å². The molecule has 0 fully saturated rings. The molecule has 0 aliphatic heterocycles. The molecule has 0 spiro atoms. The summed E-state index contributed by atoms with van der Waals surface area (Å²) in [5.41, 5.74) is 0.503. The van der Waals surface area contributed by atoms with Crippen LogP contribution in [0.25, 0.3) is 0 Å². The average Bonchev–Trinajstić information content (AvgIpc) is 2.51. The van der Waals surface area contributed by atoms with Crippen molar-refractivity contribution in [3.63, 3.8) is 0 Å². The number of nitrogens with zero attached hydrogens (tertiary/aromatic N) is 1. The van der Waals surface area contributed by atoms with Gasteiger partial charge in [-0.3, -0.25) is 19.3 Å². The smallest absolute Gasteiger partial charge is 0.257 e. The highest BCUT2D eigenvalue weighted by atomic mass is 35.5. The van der Waals surface area contributed by atoms with Crippen LogP contribution in [0.3, 0.4) is 0 Å². The van der Waals surface area contributed by atoms with Crippen molar-refractivity contribution in [2.45, 2.75) is 44.5 Å². The second kappa shape index (κ2) is 9.06. The lowest BCUT2D eigenvalue weighted by Gasteiger charge is -2.22. The first-order valence-electron chi connectivity index (χ1n) is 7.82. The summed E-state index contributed by atoms with van der Waals surface area (Å²) in [6, 6.07) is 4.37. The standard InChI is InChI=1S/C17H22Cl2N2O4/c1-5-6-9-17(18,19)20-16(24)14-8-7-13(10-15(14)25-4)21(11(2)22)12(3)23/h7-8,10H,5-6,9H2,1-4H3,(H,20,24). The lowest BCUT2D eigenvalue weighted by molar-refractivity contribution is -0.124. The van der Waals surface area contributed by atoms with Crippen molar-refractivity contribution in [1.29, 1.82) is 0 Å². The number of anilines is 1. The molecule has 138 valence electrons. The highest BCUT2D eigenvalue weighted by Crippen LogP contribution is 2.29. The molecule has 0 aliphatic rings. The molecule has 8 heteroatoms. The van der Waals surface area contributed by atoms with E-state index in [0.29, 0.717) is 12.1 Å². The maximum Gasteiger partial charge on any atom is 0.257 e. The number of nitrogens with one attached hydrogen (secondary N) is 1. The van der Waals surface area contributed by atoms with Crippen molar-refractivity contribution in [1.82, 2.24) is 5.32 Å². The number of benzene rings is 1. The molecule has 0 bridgehead atoms. The SMILES string of the molecule is CCCCC(Cl)(Cl)NC(=O)c1ccc(N(C(C)=O)C(C)=O)cc1OC. The lowest BCUT2D eigenvalue weighted by atomic mass is 10.1. The Hall–Kier alpha value is -1.79. The number of rotatable bonds is 7. The maximum atomic E-state index is 12.4. The van der Waals surface area contributed by atoms with Crippen LogP contribution in [0.4, 0.5) is 5.69 Å². The van der Waals surface area contributed by atoms with E-state index in [1.807, 2.05) is 6.92 Å². The largest absolute Gasteiger partial charge is 0.496 e. The predicted molar refractivity (Wildman–Crippen MR) is 98.3 cm³/mol. The predicted octanol–water partition coefficient (Wildman–Crippen LogP) is 3.65. The van der Waals surface area contributed by atoms with Crippen LogP contribution in [0.5, 0.6) is 5.75 Å². The summed E-state index contributed by atoms with van der Waals surface area (Å²) in [6.45, 7) is 4.54. The first-order chi connectivity index (χ1) is 11.6. The number of halogens is 2. The van der Waals surface area contributed by atoms with Crippen LogP contribution in [0.15, 0.2) is 18.2 Å². The minimum Gasteiger partial charge on any atom is -0.496 e. The van der Waals surface area contributed by atoms with Gasteiger partial charge in [-0.15, -0.1) is 0 Å². The van der Waals surface area contributed by atoms with E-state index in [1.54, 1.807) is 0 Å². The van der Waals surface area contributed by atoms with Gasteiger partial charge in [0.15, 0.2) is 4.46 Å². The number of carbonyl (C=O) groups excluding carboxylic acids is 3. The molecule has 25 heavy (non-hydrogen) atoms. The molecule has 0 saturated carbocycles. The van der Waals surface area contributed by atoms with Crippen molar-refractivity contribution in [3.05, 3.63) is 23.8 Å². The van der Waals surface area contributed by atoms with Crippen molar-refractivity contribution >= 4 is 46.6 Å². The maximum absolute atomic E-state index is 12.4. The molecular weight excluding hydrogens is 367 g/mol. The monoisotopic (exact) mass is 388 g/mol. The fourth-order valence-electron chi connectivity index (χ4n) is 2.29. The summed E-state index contributed by atoms with van der Waals surface area (Å²) in [4.78, 5) is 36.7. The fraction of sp³-hybridized carbons (Fsp3) is 0.471. The molecule has 0 radical (unpaired) electrons. The zero-order chi connectivity index (χ0) is 19.2. The first-order valence-corrected chi connectivity index (χ1v) is 8.58. The second-order valence-corrected chi connectivity index (χ2v) is 7.00. The minimum atomic E-state index is -1.39. The third-order valence-electron chi connectivity index (χ3n) is 3.46. The molecule has 1 aromatic carbocycles. The van der Waals surface area contributed by atoms with Crippen molar-refractivity contribution in [2.24, 2.45) is 0 Å². The van der Waals surface area contributed by atoms with Gasteiger partial charge >= 0.3 is 0 Å². The summed E-state index contributed by atoms with van der Waals surface area (Å²) in [5, 5.41) is 2.54. The van der Waals surface area contributed by atoms with E-state index in [4.69, 9.17) is 27.9 Å². The topological polar surface area (TPSA) is 75.7 Å². The first kappa shape index (κ1) is 21.3. The number of ether oxygens (including phenoxy) is 1. The summed E-state index contributed by atoms with van der Waals surface area (Å²) in [6.07, 6.45) is 2.05. The Morgan fingerprint density at radius 1 is 1.20 bits per heavy atom. The number of amides is 3. The van der Waals surface area contributed by atoms with Gasteiger partial charge in [0, 0.05) is 19.9 Å². The summed E-state index contributed by atoms with van der Waals surface area (Å²) in [7, 11) is 1.38. The van der Waals surface area contributed by atoms with Crippen LogP contribution in [0, 0.1) is 0 Å². The molecule has 0 aliphatic carbocycles. The van der Waals surface area contributed by atoms with Gasteiger partial charge in [-0.05, 0) is 25.0 Å². The third-order valence-corrected chi connectivity index (χ3v) is 4.03. The molecular formula is C17H22Cl2N2O4. The van der Waals surface area contributed by atoms with E-state index in [0.717, 1.165) is 17.7 Å². The quantitative estimate of drug-likeness (QED) is 0.571. The molecule has 0 heterocycles. The zero-order valence-corrected chi connectivity index (χ0v) is 16.2. The molecule has 0 atom stereocenters. The summed E-state index contributed by atoms with van der Waals surface area (Å²) < 4.78 is 3.83. The van der Waals surface area contributed by atoms with Crippen LogP contribution in [0.1, 0.15) is 50.4 Å². The second-order valence-electron chi connectivity index (χ2n) is 5.52. The molecule has 0 saturated heterocycles. The van der Waals surface area contributed by atoms with Crippen LogP contribution in [-0.4, -0.2) is 29.3 Å². The van der Waals surface area contributed by atoms with Gasteiger partial charge in [-0.1, -0.05) is 36.5 Å². The molecule has 1 aromatic rings. The lowest BCUT2D eigenvalue weighted by Crippen LogP contribution is -2.39. The summed E-state index contributed by atoms with van der Waals surface area (Å²) in [5.74, 6) is -1.19. The molecule has 1 rings (SSSR count). The van der Waals surface area contributed by atoms with E-state index < -0.39 is 22.2 Å². The van der Waals surface area contributed by atoms with E-state index in [9.17, 15) is 14.4 Å². The van der Waals surface area contributed by atoms with Gasteiger partial charge in [-0.25, -0.2) is 0 Å². The number of hydrogen-bond acceptors (Lipinski definition) is 4. The van der Waals surface area contributed by atoms with Crippen LogP contribution < -0.4 is 15.0 Å². The molecule has 1 N–H and O–H groups in total. The van der Waals surface area contributed by atoms with Gasteiger partial charge in [0.2, 0.25) is 11.8 Å². The Morgan fingerprint density at radius 2 is 1.80 bits per heavy atom. The molecule has 6 nitrogen and oxygen atoms in total. The average molecular weight is 389 g/mol. The van der Waals surface area contributed by atoms with Crippen molar-refractivity contribution in [2.75, 3.05) is 12.0 Å². The fourth-order valence-corrected chi connectivity index (χ4v) is 2.73. The Balaban J connectivity index is 3.11. The van der Waals surface area contributed by atoms with Gasteiger partial charge in [0.25, 0.3) is 5.91 Å². The number of unbranched alkanes of at least 4 members (excludes halogenated alkanes) is 1. The number of imide groups is 1. The van der Waals surface area contributed by atoms with E-state index >= 15 is 0 Å². The Labute approximate surface area is 157 Å². The van der Waals surface area contributed by atoms with Gasteiger partial charge in [0.05, 0.1) is 18.4 Å². The van der Waals surface area contributed by atoms with E-state index in [-0.39, 0.29) is 11.3 Å². The Morgan fingerprint density at radius 3 is 2.28 bits per heavy atom. The molecule has 0 aromatic heterocycles. The van der Waals surface area contributed by atoms with E-state index in [2.05, 4.69) is 5.32 Å². The minimum absolute atomic E-state index is 0.195. The van der Waals surface area contributed by atoms with Crippen LogP contribution in [-0.2, 0) is 9.59 Å². The van der Waals surface area contributed by atoms with Gasteiger partial charge < -0.3 is 10.1 Å². The Bertz CT molecular complexity index is 648. The summed E-state index contributed by atoms with van der Waals surface area (Å²) >= 11 is 12.2. The van der Waals surface area contributed by atoms with Gasteiger partial charge in [-0.2, -0.15) is 0 Å². The number of hydrogen-bond donors (Lipinski definition) is 1. The number of carbonyl (C=O) groups is 3. The zero-order valence-electron chi connectivity index (χ0n) is 14.7. The van der Waals surface area contributed by atoms with Crippen molar-refractivity contribution < 1.29 is 19.1 Å². The van der Waals surface area contributed by atoms with Crippen LogP contribution in [0.2, 0.25) is 0 Å². The Kier molecular flexibility index (Phi) is 7.70. The molecule has 3 amide bonds. The third kappa shape index (κ3) is 5.90. The van der Waals surface area contributed by atoms with Crippen LogP contribution >= 0.6 is 23.2 Å². The highest BCUT2D eigenvalue weighted by molar-refractivity contribution is 6.48. The normalized spacial score (nSPS) is 11.0.